The molecule has 0 atom stereocenters. The minimum atomic E-state index is -1.72. The minimum Gasteiger partial charge on any atom is -0.455 e. The maximum absolute atomic E-state index is 13.5. The van der Waals surface area contributed by atoms with Crippen LogP contribution in [0.2, 0.25) is 0 Å². The highest BCUT2D eigenvalue weighted by Gasteiger charge is 2.16. The molecule has 0 heterocycles. The summed E-state index contributed by atoms with van der Waals surface area (Å²) in [6, 6.07) is 7.01. The number of hydrogen-bond donors (Lipinski definition) is 2. The summed E-state index contributed by atoms with van der Waals surface area (Å²) in [7, 11) is 0. The molecule has 0 bridgehead atoms. The van der Waals surface area contributed by atoms with Gasteiger partial charge < -0.3 is 15.4 Å². The fourth-order valence-corrected chi connectivity index (χ4v) is 2.32. The van der Waals surface area contributed by atoms with E-state index in [2.05, 4.69) is 5.32 Å². The van der Waals surface area contributed by atoms with E-state index in [1.54, 1.807) is 6.07 Å². The molecule has 0 aliphatic rings. The summed E-state index contributed by atoms with van der Waals surface area (Å²) < 4.78 is 44.3. The van der Waals surface area contributed by atoms with Crippen LogP contribution in [0, 0.1) is 31.3 Å². The predicted octanol–water partition coefficient (Wildman–Crippen LogP) is 2.56. The van der Waals surface area contributed by atoms with Crippen LogP contribution in [0.25, 0.3) is 0 Å². The zero-order valence-electron chi connectivity index (χ0n) is 15.8. The first-order chi connectivity index (χ1) is 13.7. The number of amides is 2. The average molecular weight is 408 g/mol. The fourth-order valence-electron chi connectivity index (χ4n) is 2.32. The molecule has 0 unspecified atom stereocenters. The molecule has 0 aliphatic carbocycles. The first-order valence-electron chi connectivity index (χ1n) is 8.59. The van der Waals surface area contributed by atoms with Crippen LogP contribution >= 0.6 is 0 Å². The summed E-state index contributed by atoms with van der Waals surface area (Å²) in [6.07, 6.45) is -0.00963. The highest BCUT2D eigenvalue weighted by molar-refractivity contribution is 5.95. The maximum atomic E-state index is 13.5. The summed E-state index contributed by atoms with van der Waals surface area (Å²) in [5.41, 5.74) is 2.29. The molecule has 9 heteroatoms. The van der Waals surface area contributed by atoms with Crippen molar-refractivity contribution in [3.05, 3.63) is 64.5 Å². The van der Waals surface area contributed by atoms with Gasteiger partial charge in [-0.2, -0.15) is 0 Å². The van der Waals surface area contributed by atoms with Gasteiger partial charge in [0.1, 0.15) is 0 Å². The first-order valence-corrected chi connectivity index (χ1v) is 8.59. The molecule has 29 heavy (non-hydrogen) atoms. The van der Waals surface area contributed by atoms with Crippen molar-refractivity contribution >= 4 is 23.5 Å². The monoisotopic (exact) mass is 408 g/mol. The molecule has 2 amide bonds. The van der Waals surface area contributed by atoms with Gasteiger partial charge in [0.25, 0.3) is 5.91 Å². The highest BCUT2D eigenvalue weighted by Crippen LogP contribution is 2.19. The average Bonchev–Trinajstić information content (AvgIpc) is 2.68. The lowest BCUT2D eigenvalue weighted by Gasteiger charge is -2.09. The number of carbonyl (C=O) groups excluding carboxylic acids is 3. The number of anilines is 1. The van der Waals surface area contributed by atoms with E-state index in [1.165, 1.54) is 0 Å². The van der Waals surface area contributed by atoms with E-state index in [-0.39, 0.29) is 6.42 Å². The number of nitrogens with one attached hydrogen (secondary N) is 2. The molecule has 2 N–H and O–H groups in total. The van der Waals surface area contributed by atoms with Crippen LogP contribution in [0.15, 0.2) is 30.3 Å². The molecule has 0 saturated carbocycles. The number of rotatable bonds is 7. The molecule has 0 saturated heterocycles. The van der Waals surface area contributed by atoms with Crippen molar-refractivity contribution in [1.82, 2.24) is 5.32 Å². The van der Waals surface area contributed by atoms with E-state index in [9.17, 15) is 27.6 Å². The summed E-state index contributed by atoms with van der Waals surface area (Å²) in [6.45, 7) is 2.68. The Morgan fingerprint density at radius 1 is 0.931 bits per heavy atom. The zero-order valence-corrected chi connectivity index (χ0v) is 15.8. The lowest BCUT2D eigenvalue weighted by Crippen LogP contribution is -2.35. The van der Waals surface area contributed by atoms with Crippen LogP contribution in [-0.2, 0) is 25.5 Å². The van der Waals surface area contributed by atoms with Crippen molar-refractivity contribution in [2.24, 2.45) is 0 Å². The van der Waals surface area contributed by atoms with E-state index < -0.39 is 54.1 Å². The lowest BCUT2D eigenvalue weighted by atomic mass is 10.0. The van der Waals surface area contributed by atoms with Crippen LogP contribution in [0.4, 0.5) is 18.9 Å². The zero-order chi connectivity index (χ0) is 21.6. The molecule has 0 spiro atoms. The van der Waals surface area contributed by atoms with Crippen LogP contribution in [0.1, 0.15) is 16.7 Å². The molecule has 2 aromatic carbocycles. The van der Waals surface area contributed by atoms with Gasteiger partial charge in [-0.25, -0.2) is 13.2 Å². The molecule has 0 aliphatic heterocycles. The van der Waals surface area contributed by atoms with Gasteiger partial charge in [-0.15, -0.1) is 0 Å². The van der Waals surface area contributed by atoms with Crippen LogP contribution < -0.4 is 10.6 Å². The van der Waals surface area contributed by atoms with Gasteiger partial charge in [0.15, 0.2) is 24.1 Å². The summed E-state index contributed by atoms with van der Waals surface area (Å²) in [5, 5.41) is 4.16. The van der Waals surface area contributed by atoms with Crippen LogP contribution in [-0.4, -0.2) is 30.9 Å². The number of halogens is 3. The van der Waals surface area contributed by atoms with E-state index in [0.717, 1.165) is 22.8 Å². The minimum absolute atomic E-state index is 0.00963. The van der Waals surface area contributed by atoms with Crippen molar-refractivity contribution < 1.29 is 32.3 Å². The number of esters is 1. The predicted molar refractivity (Wildman–Crippen MR) is 98.5 cm³/mol. The molecule has 0 radical (unpaired) electrons. The second-order valence-electron chi connectivity index (χ2n) is 6.30. The molecular weight excluding hydrogens is 389 g/mol. The Hall–Kier alpha value is -3.36. The molecular formula is C20H19F3N2O4. The summed E-state index contributed by atoms with van der Waals surface area (Å²) in [4.78, 5) is 35.2. The van der Waals surface area contributed by atoms with E-state index in [4.69, 9.17) is 4.74 Å². The topological polar surface area (TPSA) is 84.5 Å². The molecule has 0 fully saturated rings. The quantitative estimate of drug-likeness (QED) is 0.545. The SMILES string of the molecule is Cc1ccc(CC(=O)OCC(=O)NCC(=O)Nc2ccc(F)c(F)c2F)cc1C. The number of ether oxygens (including phenoxy) is 1. The van der Waals surface area contributed by atoms with E-state index >= 15 is 0 Å². The fraction of sp³-hybridized carbons (Fsp3) is 0.250. The molecule has 6 nitrogen and oxygen atoms in total. The van der Waals surface area contributed by atoms with Gasteiger partial charge in [-0.3, -0.25) is 14.4 Å². The second kappa shape index (κ2) is 9.72. The Labute approximate surface area is 165 Å². The van der Waals surface area contributed by atoms with Gasteiger partial charge in [0.05, 0.1) is 18.7 Å². The smallest absolute Gasteiger partial charge is 0.310 e. The largest absolute Gasteiger partial charge is 0.455 e. The summed E-state index contributed by atoms with van der Waals surface area (Å²) >= 11 is 0. The normalized spacial score (nSPS) is 10.4. The van der Waals surface area contributed by atoms with Crippen LogP contribution in [0.5, 0.6) is 0 Å². The van der Waals surface area contributed by atoms with Crippen molar-refractivity contribution in [2.45, 2.75) is 20.3 Å². The van der Waals surface area contributed by atoms with Crippen molar-refractivity contribution in [1.29, 1.82) is 0 Å². The van der Waals surface area contributed by atoms with E-state index in [0.29, 0.717) is 6.07 Å². The second-order valence-corrected chi connectivity index (χ2v) is 6.30. The van der Waals surface area contributed by atoms with Gasteiger partial charge in [-0.05, 0) is 42.7 Å². The van der Waals surface area contributed by atoms with E-state index in [1.807, 2.05) is 31.3 Å². The lowest BCUT2D eigenvalue weighted by molar-refractivity contribution is -0.147. The Morgan fingerprint density at radius 3 is 2.34 bits per heavy atom. The standard InChI is InChI=1S/C20H19F3N2O4/c1-11-3-4-13(7-12(11)2)8-18(28)29-10-17(27)24-9-16(26)25-15-6-5-14(21)19(22)20(15)23/h3-7H,8-10H2,1-2H3,(H,24,27)(H,25,26). The number of carbonyl (C=O) groups is 3. The molecule has 2 aromatic rings. The van der Waals surface area contributed by atoms with Crippen molar-refractivity contribution in [2.75, 3.05) is 18.5 Å². The van der Waals surface area contributed by atoms with Gasteiger partial charge in [0, 0.05) is 0 Å². The highest BCUT2D eigenvalue weighted by atomic mass is 19.2. The van der Waals surface area contributed by atoms with Crippen molar-refractivity contribution in [3.63, 3.8) is 0 Å². The van der Waals surface area contributed by atoms with Gasteiger partial charge in [0.2, 0.25) is 5.91 Å². The third kappa shape index (κ3) is 6.34. The van der Waals surface area contributed by atoms with Gasteiger partial charge >= 0.3 is 5.97 Å². The number of hydrogen-bond acceptors (Lipinski definition) is 4. The van der Waals surface area contributed by atoms with Crippen molar-refractivity contribution in [3.8, 4) is 0 Å². The molecule has 154 valence electrons. The Bertz CT molecular complexity index is 948. The molecule has 2 rings (SSSR count). The third-order valence-electron chi connectivity index (χ3n) is 4.04. The number of aryl methyl sites for hydroxylation is 2. The maximum Gasteiger partial charge on any atom is 0.310 e. The Balaban J connectivity index is 1.75. The Morgan fingerprint density at radius 2 is 1.66 bits per heavy atom. The molecule has 0 aromatic heterocycles. The van der Waals surface area contributed by atoms with Gasteiger partial charge in [-0.1, -0.05) is 18.2 Å². The summed E-state index contributed by atoms with van der Waals surface area (Å²) in [5.74, 6) is -6.90. The number of benzene rings is 2. The first kappa shape index (κ1) is 21.9. The Kier molecular flexibility index (Phi) is 7.35. The van der Waals surface area contributed by atoms with Crippen LogP contribution in [0.3, 0.4) is 0 Å². The third-order valence-corrected chi connectivity index (χ3v) is 4.04.